The number of hydrogen-bond donors (Lipinski definition) is 4. The van der Waals surface area contributed by atoms with E-state index < -0.39 is 34.2 Å². The third-order valence-corrected chi connectivity index (χ3v) is 12.0. The first-order valence-electron chi connectivity index (χ1n) is 17.5. The van der Waals surface area contributed by atoms with Gasteiger partial charge in [-0.25, -0.2) is 13.2 Å². The van der Waals surface area contributed by atoms with Gasteiger partial charge in [-0.3, -0.25) is 4.79 Å². The second-order valence-corrected chi connectivity index (χ2v) is 16.0. The van der Waals surface area contributed by atoms with E-state index in [1.54, 1.807) is 60.7 Å². The van der Waals surface area contributed by atoms with Crippen molar-refractivity contribution in [2.75, 3.05) is 11.1 Å². The van der Waals surface area contributed by atoms with Crippen LogP contribution in [0.5, 0.6) is 0 Å². The molecular formula is C42H42N2O8S2. The highest BCUT2D eigenvalue weighted by molar-refractivity contribution is 7.99. The minimum Gasteiger partial charge on any atom is -0.478 e. The summed E-state index contributed by atoms with van der Waals surface area (Å²) >= 11 is 1.41. The van der Waals surface area contributed by atoms with Gasteiger partial charge in [0.15, 0.2) is 6.29 Å². The highest BCUT2D eigenvalue weighted by Crippen LogP contribution is 2.43. The van der Waals surface area contributed by atoms with Crippen LogP contribution in [0.25, 0.3) is 0 Å². The maximum atomic E-state index is 13.7. The molecule has 1 amide bonds. The number of sulfonamides is 1. The molecular weight excluding hydrogens is 725 g/mol. The van der Waals surface area contributed by atoms with Crippen molar-refractivity contribution < 1.29 is 37.7 Å². The summed E-state index contributed by atoms with van der Waals surface area (Å²) in [6, 6.07) is 36.0. The Morgan fingerprint density at radius 1 is 0.796 bits per heavy atom. The molecule has 12 heteroatoms. The maximum absolute atomic E-state index is 13.7. The maximum Gasteiger partial charge on any atom is 0.336 e. The van der Waals surface area contributed by atoms with Gasteiger partial charge in [0.2, 0.25) is 15.9 Å². The Bertz CT molecular complexity index is 2150. The van der Waals surface area contributed by atoms with Crippen LogP contribution in [0.1, 0.15) is 57.5 Å². The van der Waals surface area contributed by atoms with Gasteiger partial charge in [-0.05, 0) is 66.4 Å². The van der Waals surface area contributed by atoms with Crippen LogP contribution < -0.4 is 10.0 Å². The summed E-state index contributed by atoms with van der Waals surface area (Å²) in [5, 5.41) is 22.2. The Balaban J connectivity index is 1.21. The Labute approximate surface area is 319 Å². The van der Waals surface area contributed by atoms with E-state index >= 15 is 0 Å². The summed E-state index contributed by atoms with van der Waals surface area (Å²) in [5.41, 5.74) is 4.77. The number of aryl methyl sites for hydroxylation is 1. The molecule has 4 N–H and O–H groups in total. The monoisotopic (exact) mass is 766 g/mol. The van der Waals surface area contributed by atoms with Gasteiger partial charge in [-0.1, -0.05) is 103 Å². The number of benzene rings is 5. The highest BCUT2D eigenvalue weighted by Gasteiger charge is 2.38. The molecule has 5 unspecified atom stereocenters. The van der Waals surface area contributed by atoms with Crippen molar-refractivity contribution in [3.8, 4) is 0 Å². The molecule has 10 nitrogen and oxygen atoms in total. The SMILES string of the molecule is Cc1ccc(S(=O)(=O)NC(Cc2ccccc2)C(=O)Nc2ccc(C3OC(CSc4ccccc4C(=O)O)C(C)C(c4ccc(CO)cc4)O3)cc2)cc1. The molecule has 5 aromatic carbocycles. The number of carbonyl (C=O) groups excluding carboxylic acids is 1. The van der Waals surface area contributed by atoms with Crippen molar-refractivity contribution in [2.45, 2.75) is 61.2 Å². The van der Waals surface area contributed by atoms with Gasteiger partial charge in [-0.15, -0.1) is 11.8 Å². The molecule has 1 aliphatic heterocycles. The number of rotatable bonds is 14. The fraction of sp³-hybridized carbons (Fsp3) is 0.238. The van der Waals surface area contributed by atoms with Gasteiger partial charge in [0.1, 0.15) is 6.04 Å². The third-order valence-electron chi connectivity index (χ3n) is 9.32. The lowest BCUT2D eigenvalue weighted by atomic mass is 9.91. The number of nitrogens with one attached hydrogen (secondary N) is 2. The number of anilines is 1. The molecule has 1 saturated heterocycles. The fourth-order valence-electron chi connectivity index (χ4n) is 6.21. The first-order chi connectivity index (χ1) is 26.0. The summed E-state index contributed by atoms with van der Waals surface area (Å²) in [6.45, 7) is 3.82. The summed E-state index contributed by atoms with van der Waals surface area (Å²) in [6.07, 6.45) is -1.37. The Kier molecular flexibility index (Phi) is 12.6. The number of thioether (sulfide) groups is 1. The first-order valence-corrected chi connectivity index (χ1v) is 20.0. The second-order valence-electron chi connectivity index (χ2n) is 13.2. The number of aromatic carboxylic acids is 1. The Hall–Kier alpha value is -4.82. The molecule has 54 heavy (non-hydrogen) atoms. The lowest BCUT2D eigenvalue weighted by Crippen LogP contribution is -2.45. The number of ether oxygens (including phenoxy) is 2. The zero-order chi connectivity index (χ0) is 38.2. The van der Waals surface area contributed by atoms with Crippen molar-refractivity contribution >= 4 is 39.3 Å². The molecule has 5 aromatic rings. The average molecular weight is 767 g/mol. The number of carboxylic acids is 1. The van der Waals surface area contributed by atoms with E-state index in [0.717, 1.165) is 22.3 Å². The smallest absolute Gasteiger partial charge is 0.336 e. The van der Waals surface area contributed by atoms with Gasteiger partial charge < -0.3 is 25.0 Å². The molecule has 6 rings (SSSR count). The lowest BCUT2D eigenvalue weighted by Gasteiger charge is -2.41. The average Bonchev–Trinajstić information content (AvgIpc) is 3.18. The minimum atomic E-state index is -4.01. The van der Waals surface area contributed by atoms with Gasteiger partial charge in [0.25, 0.3) is 0 Å². The van der Waals surface area contributed by atoms with Crippen LogP contribution in [-0.2, 0) is 37.3 Å². The summed E-state index contributed by atoms with van der Waals surface area (Å²) < 4.78 is 42.4. The number of amides is 1. The van der Waals surface area contributed by atoms with Crippen LogP contribution in [-0.4, -0.2) is 48.4 Å². The van der Waals surface area contributed by atoms with E-state index in [0.29, 0.717) is 21.9 Å². The minimum absolute atomic E-state index is 0.0653. The topological polar surface area (TPSA) is 151 Å². The molecule has 1 heterocycles. The number of carbonyl (C=O) groups is 2. The standard InChI is InChI=1S/C42H42N2O8S2/c1-27-12-22-34(23-13-27)54(49,50)44-36(24-29-8-4-3-5-9-29)40(46)43-33-20-18-32(19-21-33)42-51-37(26-53-38-11-7-6-10-35(38)41(47)48)28(2)39(52-42)31-16-14-30(25-45)15-17-31/h3-23,28,36-37,39,42,44-45H,24-26H2,1-2H3,(H,43,46)(H,47,48). The van der Waals surface area contributed by atoms with Crippen LogP contribution in [0.4, 0.5) is 5.69 Å². The fourth-order valence-corrected chi connectivity index (χ4v) is 8.62. The molecule has 0 spiro atoms. The number of hydrogen-bond acceptors (Lipinski definition) is 8. The van der Waals surface area contributed by atoms with Crippen LogP contribution >= 0.6 is 11.8 Å². The molecule has 280 valence electrons. The van der Waals surface area contributed by atoms with Crippen LogP contribution in [0.15, 0.2) is 137 Å². The Morgan fingerprint density at radius 2 is 1.44 bits per heavy atom. The van der Waals surface area contributed by atoms with E-state index in [1.165, 1.54) is 23.9 Å². The number of aliphatic hydroxyl groups is 1. The summed E-state index contributed by atoms with van der Waals surface area (Å²) in [4.78, 5) is 26.3. The van der Waals surface area contributed by atoms with Gasteiger partial charge in [0, 0.05) is 27.8 Å². The van der Waals surface area contributed by atoms with E-state index in [9.17, 15) is 28.2 Å². The van der Waals surface area contributed by atoms with E-state index in [1.807, 2.05) is 68.4 Å². The molecule has 0 radical (unpaired) electrons. The van der Waals surface area contributed by atoms with Gasteiger partial charge in [-0.2, -0.15) is 4.72 Å². The van der Waals surface area contributed by atoms with Crippen LogP contribution in [0.2, 0.25) is 0 Å². The molecule has 0 aliphatic carbocycles. The molecule has 5 atom stereocenters. The predicted molar refractivity (Wildman–Crippen MR) is 208 cm³/mol. The predicted octanol–water partition coefficient (Wildman–Crippen LogP) is 7.30. The summed E-state index contributed by atoms with van der Waals surface area (Å²) in [5.74, 6) is -1.17. The normalized spacial score (nSPS) is 19.2. The van der Waals surface area contributed by atoms with Crippen molar-refractivity contribution in [2.24, 2.45) is 5.92 Å². The highest BCUT2D eigenvalue weighted by atomic mass is 32.2. The molecule has 1 fully saturated rings. The van der Waals surface area contributed by atoms with Gasteiger partial charge in [0.05, 0.1) is 29.3 Å². The second kappa shape index (κ2) is 17.5. The molecule has 0 bridgehead atoms. The van der Waals surface area contributed by atoms with Crippen molar-refractivity contribution in [3.63, 3.8) is 0 Å². The summed E-state index contributed by atoms with van der Waals surface area (Å²) in [7, 11) is -4.01. The third kappa shape index (κ3) is 9.64. The van der Waals surface area contributed by atoms with Gasteiger partial charge >= 0.3 is 5.97 Å². The van der Waals surface area contributed by atoms with Crippen LogP contribution in [0, 0.1) is 12.8 Å². The van der Waals surface area contributed by atoms with Crippen molar-refractivity contribution in [1.82, 2.24) is 4.72 Å². The first kappa shape index (κ1) is 38.9. The number of carboxylic acid groups (broad SMARTS) is 1. The van der Waals surface area contributed by atoms with E-state index in [-0.39, 0.29) is 41.6 Å². The molecule has 0 saturated carbocycles. The zero-order valence-corrected chi connectivity index (χ0v) is 31.4. The Morgan fingerprint density at radius 3 is 2.11 bits per heavy atom. The quantitative estimate of drug-likeness (QED) is 0.0854. The lowest BCUT2D eigenvalue weighted by molar-refractivity contribution is -0.268. The van der Waals surface area contributed by atoms with Crippen molar-refractivity contribution in [3.05, 3.63) is 161 Å². The molecule has 1 aliphatic rings. The zero-order valence-electron chi connectivity index (χ0n) is 29.8. The van der Waals surface area contributed by atoms with E-state index in [2.05, 4.69) is 10.0 Å². The molecule has 0 aromatic heterocycles. The largest absolute Gasteiger partial charge is 0.478 e. The van der Waals surface area contributed by atoms with Crippen molar-refractivity contribution in [1.29, 1.82) is 0 Å². The number of aliphatic hydroxyl groups excluding tert-OH is 1. The van der Waals surface area contributed by atoms with E-state index in [4.69, 9.17) is 9.47 Å². The van der Waals surface area contributed by atoms with Crippen LogP contribution in [0.3, 0.4) is 0 Å².